The van der Waals surface area contributed by atoms with Crippen molar-refractivity contribution in [3.63, 3.8) is 0 Å². The summed E-state index contributed by atoms with van der Waals surface area (Å²) in [7, 11) is -0.602. The SMILES string of the molecule is CC1(C)OB(c2cc3cc(B4OC(C)(C)C(C)(C)O4)sc3s2)OC1(C)C. The molecule has 2 aromatic rings. The molecule has 2 saturated heterocycles. The van der Waals surface area contributed by atoms with Crippen LogP contribution in [0.2, 0.25) is 0 Å². The predicted octanol–water partition coefficient (Wildman–Crippen LogP) is 3.56. The van der Waals surface area contributed by atoms with Gasteiger partial charge >= 0.3 is 14.2 Å². The summed E-state index contributed by atoms with van der Waals surface area (Å²) in [4.78, 5) is 0. The minimum absolute atomic E-state index is 0.301. The second-order valence-corrected chi connectivity index (χ2v) is 11.6. The van der Waals surface area contributed by atoms with Gasteiger partial charge in [-0.1, -0.05) is 0 Å². The first-order valence-electron chi connectivity index (χ1n) is 9.06. The Kier molecular flexibility index (Phi) is 4.07. The second-order valence-electron chi connectivity index (χ2n) is 9.22. The molecule has 0 atom stereocenters. The summed E-state index contributed by atoms with van der Waals surface area (Å²) in [6.45, 7) is 16.7. The third-order valence-corrected chi connectivity index (χ3v) is 8.66. The van der Waals surface area contributed by atoms with Crippen LogP contribution in [0.4, 0.5) is 0 Å². The first-order valence-corrected chi connectivity index (χ1v) is 10.7. The summed E-state index contributed by atoms with van der Waals surface area (Å²) in [6.07, 6.45) is 0. The van der Waals surface area contributed by atoms with Gasteiger partial charge in [0, 0.05) is 14.9 Å². The van der Waals surface area contributed by atoms with Crippen molar-refractivity contribution < 1.29 is 18.6 Å². The van der Waals surface area contributed by atoms with E-state index in [1.54, 1.807) is 22.7 Å². The molecular formula is C18H26B2O4S2. The molecule has 4 nitrogen and oxygen atoms in total. The minimum Gasteiger partial charge on any atom is -0.399 e. The number of thiophene rings is 2. The van der Waals surface area contributed by atoms with Gasteiger partial charge in [-0.15, -0.1) is 22.7 Å². The smallest absolute Gasteiger partial charge is 0.399 e. The lowest BCUT2D eigenvalue weighted by Crippen LogP contribution is -2.41. The number of fused-ring (bicyclic) bond motifs is 1. The van der Waals surface area contributed by atoms with Gasteiger partial charge in [-0.25, -0.2) is 0 Å². The lowest BCUT2D eigenvalue weighted by Gasteiger charge is -2.32. The third-order valence-electron chi connectivity index (χ3n) is 6.22. The van der Waals surface area contributed by atoms with E-state index in [2.05, 4.69) is 67.5 Å². The zero-order valence-electron chi connectivity index (χ0n) is 16.8. The van der Waals surface area contributed by atoms with E-state index in [1.165, 1.54) is 9.40 Å². The van der Waals surface area contributed by atoms with E-state index in [-0.39, 0.29) is 36.6 Å². The number of hydrogen-bond donors (Lipinski definition) is 0. The van der Waals surface area contributed by atoms with E-state index in [1.807, 2.05) is 0 Å². The van der Waals surface area contributed by atoms with Crippen LogP contribution in [0.5, 0.6) is 0 Å². The van der Waals surface area contributed by atoms with Gasteiger partial charge in [0.05, 0.1) is 26.4 Å². The topological polar surface area (TPSA) is 36.9 Å². The van der Waals surface area contributed by atoms with Crippen molar-refractivity contribution in [3.05, 3.63) is 12.1 Å². The van der Waals surface area contributed by atoms with Crippen LogP contribution >= 0.6 is 22.7 Å². The van der Waals surface area contributed by atoms with Crippen molar-refractivity contribution in [2.75, 3.05) is 0 Å². The fourth-order valence-corrected chi connectivity index (χ4v) is 5.43. The predicted molar refractivity (Wildman–Crippen MR) is 111 cm³/mol. The summed E-state index contributed by atoms with van der Waals surface area (Å²) in [6, 6.07) is 4.35. The van der Waals surface area contributed by atoms with Crippen LogP contribution in [0, 0.1) is 0 Å². The van der Waals surface area contributed by atoms with Crippen LogP contribution in [0.1, 0.15) is 55.4 Å². The monoisotopic (exact) mass is 392 g/mol. The van der Waals surface area contributed by atoms with Crippen LogP contribution in [0.25, 0.3) is 9.40 Å². The lowest BCUT2D eigenvalue weighted by atomic mass is 9.86. The van der Waals surface area contributed by atoms with Crippen molar-refractivity contribution >= 4 is 55.9 Å². The molecular weight excluding hydrogens is 366 g/mol. The standard InChI is InChI=1S/C18H26B2O4S2/c1-15(2)16(3,4)22-19(21-15)12-9-11-10-13(26-14(11)25-12)20-23-17(5,6)18(7,8)24-20/h9-10H,1-8H3. The highest BCUT2D eigenvalue weighted by Crippen LogP contribution is 2.39. The van der Waals surface area contributed by atoms with Gasteiger partial charge in [0.15, 0.2) is 0 Å². The molecule has 26 heavy (non-hydrogen) atoms. The number of hydrogen-bond acceptors (Lipinski definition) is 6. The van der Waals surface area contributed by atoms with E-state index in [9.17, 15) is 0 Å². The average Bonchev–Trinajstić information content (AvgIpc) is 3.11. The molecule has 2 aliphatic rings. The average molecular weight is 392 g/mol. The lowest BCUT2D eigenvalue weighted by molar-refractivity contribution is 0.00578. The molecule has 4 rings (SSSR count). The highest BCUT2D eigenvalue weighted by molar-refractivity contribution is 7.45. The molecule has 0 amide bonds. The van der Waals surface area contributed by atoms with Crippen LogP contribution < -0.4 is 9.55 Å². The summed E-state index contributed by atoms with van der Waals surface area (Å²) in [5.41, 5.74) is -1.27. The Morgan fingerprint density at radius 3 is 1.19 bits per heavy atom. The summed E-state index contributed by atoms with van der Waals surface area (Å²) in [5, 5.41) is 1.20. The normalized spacial score (nSPS) is 26.2. The van der Waals surface area contributed by atoms with E-state index in [0.29, 0.717) is 0 Å². The van der Waals surface area contributed by atoms with Gasteiger partial charge < -0.3 is 18.6 Å². The Hall–Kier alpha value is -0.370. The third kappa shape index (κ3) is 2.81. The number of rotatable bonds is 2. The molecule has 0 unspecified atom stereocenters. The molecule has 0 spiro atoms. The quantitative estimate of drug-likeness (QED) is 0.733. The van der Waals surface area contributed by atoms with Crippen LogP contribution in [0.3, 0.4) is 0 Å². The van der Waals surface area contributed by atoms with Gasteiger partial charge in [0.25, 0.3) is 0 Å². The Labute approximate surface area is 164 Å². The van der Waals surface area contributed by atoms with Gasteiger partial charge in [0.1, 0.15) is 0 Å². The molecule has 0 aromatic carbocycles. The van der Waals surface area contributed by atoms with E-state index < -0.39 is 0 Å². The molecule has 0 aliphatic carbocycles. The zero-order valence-corrected chi connectivity index (χ0v) is 18.4. The first-order chi connectivity index (χ1) is 11.8. The largest absolute Gasteiger partial charge is 0.505 e. The fourth-order valence-electron chi connectivity index (χ4n) is 3.03. The van der Waals surface area contributed by atoms with Crippen LogP contribution in [-0.2, 0) is 18.6 Å². The van der Waals surface area contributed by atoms with Crippen molar-refractivity contribution in [1.29, 1.82) is 0 Å². The van der Waals surface area contributed by atoms with E-state index in [0.717, 1.165) is 9.55 Å². The summed E-state index contributed by atoms with van der Waals surface area (Å²) >= 11 is 3.47. The molecule has 8 heteroatoms. The maximum atomic E-state index is 6.18. The van der Waals surface area contributed by atoms with Crippen LogP contribution in [-0.4, -0.2) is 36.6 Å². The highest BCUT2D eigenvalue weighted by atomic mass is 32.2. The van der Waals surface area contributed by atoms with Crippen molar-refractivity contribution in [2.45, 2.75) is 77.8 Å². The summed E-state index contributed by atoms with van der Waals surface area (Å²) in [5.74, 6) is 0. The highest BCUT2D eigenvalue weighted by Gasteiger charge is 2.53. The Balaban J connectivity index is 1.58. The van der Waals surface area contributed by atoms with Crippen molar-refractivity contribution in [1.82, 2.24) is 0 Å². The molecule has 2 fully saturated rings. The minimum atomic E-state index is -0.317. The van der Waals surface area contributed by atoms with Crippen molar-refractivity contribution in [3.8, 4) is 0 Å². The fraction of sp³-hybridized carbons (Fsp3) is 0.667. The van der Waals surface area contributed by atoms with E-state index >= 15 is 0 Å². The molecule has 2 aromatic heterocycles. The zero-order chi connectivity index (χ0) is 19.1. The molecule has 2 aliphatic heterocycles. The molecule has 0 saturated carbocycles. The second kappa shape index (κ2) is 5.58. The van der Waals surface area contributed by atoms with Gasteiger partial charge in [-0.2, -0.15) is 0 Å². The molecule has 0 radical (unpaired) electrons. The van der Waals surface area contributed by atoms with Gasteiger partial charge in [-0.3, -0.25) is 0 Å². The summed E-state index contributed by atoms with van der Waals surface area (Å²) < 4.78 is 28.2. The molecule has 0 bridgehead atoms. The van der Waals surface area contributed by atoms with Crippen LogP contribution in [0.15, 0.2) is 12.1 Å². The van der Waals surface area contributed by atoms with E-state index in [4.69, 9.17) is 18.6 Å². The maximum absolute atomic E-state index is 6.18. The van der Waals surface area contributed by atoms with Gasteiger partial charge in [0.2, 0.25) is 0 Å². The maximum Gasteiger partial charge on any atom is 0.505 e. The molecule has 140 valence electrons. The Bertz CT molecular complexity index is 724. The molecule has 4 heterocycles. The molecule has 0 N–H and O–H groups in total. The first kappa shape index (κ1) is 19.0. The van der Waals surface area contributed by atoms with Gasteiger partial charge in [-0.05, 0) is 67.5 Å². The Morgan fingerprint density at radius 1 is 0.615 bits per heavy atom. The van der Waals surface area contributed by atoms with Crippen molar-refractivity contribution in [2.24, 2.45) is 0 Å². The Morgan fingerprint density at radius 2 is 0.923 bits per heavy atom.